The van der Waals surface area contributed by atoms with Gasteiger partial charge in [0, 0.05) is 0 Å². The van der Waals surface area contributed by atoms with E-state index in [1.807, 2.05) is 13.8 Å². The second-order valence-corrected chi connectivity index (χ2v) is 5.24. The molecule has 0 bridgehead atoms. The van der Waals surface area contributed by atoms with Crippen molar-refractivity contribution in [2.45, 2.75) is 13.8 Å². The number of methoxy groups -OCH3 is 2. The molecule has 0 atom stereocenters. The molecule has 1 aromatic carbocycles. The van der Waals surface area contributed by atoms with Crippen molar-refractivity contribution in [3.63, 3.8) is 0 Å². The highest BCUT2D eigenvalue weighted by Crippen LogP contribution is 2.19. The molecule has 0 radical (unpaired) electrons. The molecule has 130 valence electrons. The van der Waals surface area contributed by atoms with Gasteiger partial charge >= 0.3 is 17.9 Å². The van der Waals surface area contributed by atoms with Crippen LogP contribution in [0.4, 0.5) is 5.69 Å². The van der Waals surface area contributed by atoms with Crippen LogP contribution in [0.2, 0.25) is 0 Å². The lowest BCUT2D eigenvalue weighted by Gasteiger charge is -2.13. The van der Waals surface area contributed by atoms with Gasteiger partial charge in [0.05, 0.1) is 38.2 Å². The van der Waals surface area contributed by atoms with Crippen molar-refractivity contribution in [2.75, 3.05) is 26.1 Å². The largest absolute Gasteiger partial charge is 0.466 e. The van der Waals surface area contributed by atoms with Crippen LogP contribution in [0.3, 0.4) is 0 Å². The number of carbonyl (C=O) groups excluding carboxylic acids is 3. The van der Waals surface area contributed by atoms with E-state index >= 15 is 0 Å². The molecule has 0 aliphatic heterocycles. The van der Waals surface area contributed by atoms with Crippen molar-refractivity contribution in [1.82, 2.24) is 0 Å². The van der Waals surface area contributed by atoms with Gasteiger partial charge < -0.3 is 19.5 Å². The lowest BCUT2D eigenvalue weighted by Crippen LogP contribution is -2.18. The topological polar surface area (TPSA) is 90.9 Å². The van der Waals surface area contributed by atoms with Gasteiger partial charge in [-0.1, -0.05) is 26.0 Å². The van der Waals surface area contributed by atoms with Crippen LogP contribution in [-0.2, 0) is 23.8 Å². The number of carbonyl (C=O) groups is 3. The van der Waals surface area contributed by atoms with E-state index in [1.54, 1.807) is 24.3 Å². The molecule has 1 N–H and O–H groups in total. The first-order valence-electron chi connectivity index (χ1n) is 7.30. The molecule has 0 spiro atoms. The van der Waals surface area contributed by atoms with Crippen LogP contribution < -0.4 is 5.32 Å². The molecule has 0 fully saturated rings. The Hall–Kier alpha value is -2.83. The Morgan fingerprint density at radius 3 is 2.38 bits per heavy atom. The van der Waals surface area contributed by atoms with Crippen molar-refractivity contribution >= 4 is 23.6 Å². The first-order chi connectivity index (χ1) is 11.4. The number of hydrogen-bond donors (Lipinski definition) is 1. The van der Waals surface area contributed by atoms with Gasteiger partial charge in [0.15, 0.2) is 0 Å². The Bertz CT molecular complexity index is 636. The predicted molar refractivity (Wildman–Crippen MR) is 87.3 cm³/mol. The van der Waals surface area contributed by atoms with E-state index in [9.17, 15) is 14.4 Å². The summed E-state index contributed by atoms with van der Waals surface area (Å²) in [6.07, 6.45) is 0.946. The van der Waals surface area contributed by atoms with Gasteiger partial charge in [-0.2, -0.15) is 0 Å². The monoisotopic (exact) mass is 335 g/mol. The molecule has 1 aromatic rings. The van der Waals surface area contributed by atoms with Crippen LogP contribution >= 0.6 is 0 Å². The summed E-state index contributed by atoms with van der Waals surface area (Å²) in [6, 6.07) is 6.48. The SMILES string of the molecule is COC(=O)/C=C(/Nc1ccccc1C(=O)OCC(C)C)C(=O)OC. The molecule has 0 unspecified atom stereocenters. The van der Waals surface area contributed by atoms with E-state index in [-0.39, 0.29) is 23.8 Å². The van der Waals surface area contributed by atoms with Crippen molar-refractivity contribution in [1.29, 1.82) is 0 Å². The van der Waals surface area contributed by atoms with Gasteiger partial charge in [0.1, 0.15) is 5.70 Å². The first-order valence-corrected chi connectivity index (χ1v) is 7.30. The fourth-order valence-electron chi connectivity index (χ4n) is 1.67. The minimum absolute atomic E-state index is 0.159. The van der Waals surface area contributed by atoms with Crippen LogP contribution in [0.15, 0.2) is 36.0 Å². The van der Waals surface area contributed by atoms with Crippen LogP contribution in [0, 0.1) is 5.92 Å². The summed E-state index contributed by atoms with van der Waals surface area (Å²) in [4.78, 5) is 35.4. The molecule has 1 rings (SSSR count). The molecule has 0 saturated carbocycles. The number of hydrogen-bond acceptors (Lipinski definition) is 7. The molecule has 24 heavy (non-hydrogen) atoms. The van der Waals surface area contributed by atoms with Crippen molar-refractivity contribution < 1.29 is 28.6 Å². The van der Waals surface area contributed by atoms with Gasteiger partial charge in [-0.3, -0.25) is 0 Å². The van der Waals surface area contributed by atoms with Gasteiger partial charge in [0.25, 0.3) is 0 Å². The molecule has 0 saturated heterocycles. The minimum atomic E-state index is -0.772. The van der Waals surface area contributed by atoms with Gasteiger partial charge in [0.2, 0.25) is 0 Å². The molecule has 0 heterocycles. The number of ether oxygens (including phenoxy) is 3. The Morgan fingerprint density at radius 1 is 1.12 bits per heavy atom. The molecule has 0 amide bonds. The smallest absolute Gasteiger partial charge is 0.354 e. The van der Waals surface area contributed by atoms with E-state index in [0.29, 0.717) is 5.69 Å². The standard InChI is InChI=1S/C17H21NO6/c1-11(2)10-24-16(20)12-7-5-6-8-13(12)18-14(17(21)23-4)9-15(19)22-3/h5-9,11,18H,10H2,1-4H3/b14-9+. The van der Waals surface area contributed by atoms with Gasteiger partial charge in [-0.15, -0.1) is 0 Å². The number of benzene rings is 1. The molecule has 0 aliphatic carbocycles. The third-order valence-corrected chi connectivity index (χ3v) is 2.83. The van der Waals surface area contributed by atoms with E-state index in [1.165, 1.54) is 14.2 Å². The molecule has 0 aliphatic rings. The van der Waals surface area contributed by atoms with Crippen molar-refractivity contribution in [3.05, 3.63) is 41.6 Å². The second-order valence-electron chi connectivity index (χ2n) is 5.24. The maximum Gasteiger partial charge on any atom is 0.354 e. The third kappa shape index (κ3) is 5.75. The quantitative estimate of drug-likeness (QED) is 0.464. The predicted octanol–water partition coefficient (Wildman–Crippen LogP) is 2.14. The molecule has 7 heteroatoms. The average molecular weight is 335 g/mol. The maximum absolute atomic E-state index is 12.2. The van der Waals surface area contributed by atoms with Crippen LogP contribution in [0.5, 0.6) is 0 Å². The number of esters is 3. The second kappa shape index (κ2) is 9.34. The van der Waals surface area contributed by atoms with E-state index in [0.717, 1.165) is 6.08 Å². The van der Waals surface area contributed by atoms with E-state index < -0.39 is 17.9 Å². The van der Waals surface area contributed by atoms with Crippen molar-refractivity contribution in [3.8, 4) is 0 Å². The summed E-state index contributed by atoms with van der Waals surface area (Å²) in [7, 11) is 2.36. The van der Waals surface area contributed by atoms with Crippen LogP contribution in [-0.4, -0.2) is 38.7 Å². The fourth-order valence-corrected chi connectivity index (χ4v) is 1.67. The summed E-state index contributed by atoms with van der Waals surface area (Å²) in [5.74, 6) is -1.85. The summed E-state index contributed by atoms with van der Waals surface area (Å²) in [5, 5.41) is 2.72. The highest BCUT2D eigenvalue weighted by molar-refractivity contribution is 6.01. The third-order valence-electron chi connectivity index (χ3n) is 2.83. The van der Waals surface area contributed by atoms with Gasteiger partial charge in [-0.25, -0.2) is 14.4 Å². The Labute approximate surface area is 140 Å². The van der Waals surface area contributed by atoms with Crippen LogP contribution in [0.1, 0.15) is 24.2 Å². The Morgan fingerprint density at radius 2 is 1.79 bits per heavy atom. The molecule has 0 aromatic heterocycles. The number of anilines is 1. The number of nitrogens with one attached hydrogen (secondary N) is 1. The number of rotatable bonds is 7. The summed E-state index contributed by atoms with van der Waals surface area (Å²) >= 11 is 0. The first kappa shape index (κ1) is 19.2. The lowest BCUT2D eigenvalue weighted by molar-refractivity contribution is -0.138. The van der Waals surface area contributed by atoms with Gasteiger partial charge in [-0.05, 0) is 18.1 Å². The van der Waals surface area contributed by atoms with E-state index in [2.05, 4.69) is 14.8 Å². The highest BCUT2D eigenvalue weighted by Gasteiger charge is 2.18. The van der Waals surface area contributed by atoms with Crippen molar-refractivity contribution in [2.24, 2.45) is 5.92 Å². The average Bonchev–Trinajstić information content (AvgIpc) is 2.58. The molecule has 7 nitrogen and oxygen atoms in total. The highest BCUT2D eigenvalue weighted by atomic mass is 16.5. The Kier molecular flexibility index (Phi) is 7.48. The number of para-hydroxylation sites is 1. The van der Waals surface area contributed by atoms with E-state index in [4.69, 9.17) is 4.74 Å². The normalized spacial score (nSPS) is 11.0. The fraction of sp³-hybridized carbons (Fsp3) is 0.353. The minimum Gasteiger partial charge on any atom is -0.466 e. The summed E-state index contributed by atoms with van der Waals surface area (Å²) < 4.78 is 14.3. The lowest BCUT2D eigenvalue weighted by atomic mass is 10.1. The zero-order valence-electron chi connectivity index (χ0n) is 14.1. The zero-order valence-corrected chi connectivity index (χ0v) is 14.1. The maximum atomic E-state index is 12.2. The molecular formula is C17H21NO6. The zero-order chi connectivity index (χ0) is 18.1. The van der Waals surface area contributed by atoms with Crippen LogP contribution in [0.25, 0.3) is 0 Å². The molecular weight excluding hydrogens is 314 g/mol. The summed E-state index contributed by atoms with van der Waals surface area (Å²) in [5.41, 5.74) is 0.387. The Balaban J connectivity index is 3.08. The summed E-state index contributed by atoms with van der Waals surface area (Å²) in [6.45, 7) is 4.12.